The highest BCUT2D eigenvalue weighted by molar-refractivity contribution is 7.13. The Balaban J connectivity index is 1.58. The number of hydrogen-bond donors (Lipinski definition) is 0. The number of aryl methyl sites for hydroxylation is 1. The van der Waals surface area contributed by atoms with E-state index in [1.807, 2.05) is 48.2 Å². The van der Waals surface area contributed by atoms with Gasteiger partial charge in [0, 0.05) is 37.6 Å². The minimum atomic E-state index is 0.160. The van der Waals surface area contributed by atoms with E-state index >= 15 is 0 Å². The summed E-state index contributed by atoms with van der Waals surface area (Å²) in [5.41, 5.74) is 1.90. The van der Waals surface area contributed by atoms with Crippen molar-refractivity contribution in [3.8, 4) is 6.07 Å². The Hall–Kier alpha value is -2.16. The van der Waals surface area contributed by atoms with Crippen molar-refractivity contribution in [1.29, 1.82) is 5.26 Å². The average Bonchev–Trinajstić information content (AvgIpc) is 2.90. The van der Waals surface area contributed by atoms with Gasteiger partial charge in [-0.2, -0.15) is 5.26 Å². The van der Waals surface area contributed by atoms with E-state index in [9.17, 15) is 4.79 Å². The first-order valence-corrected chi connectivity index (χ1v) is 9.04. The van der Waals surface area contributed by atoms with Crippen molar-refractivity contribution < 1.29 is 4.79 Å². The number of carbonyl (C=O) groups is 1. The summed E-state index contributed by atoms with van der Waals surface area (Å²) >= 11 is 1.57. The summed E-state index contributed by atoms with van der Waals surface area (Å²) in [6.45, 7) is 6.37. The number of nitrogens with zero attached hydrogens (tertiary/aromatic N) is 3. The Kier molecular flexibility index (Phi) is 5.29. The molecule has 2 heterocycles. The third-order valence-corrected chi connectivity index (χ3v) is 5.30. The number of rotatable bonds is 3. The zero-order valence-corrected chi connectivity index (χ0v) is 14.7. The minimum Gasteiger partial charge on any atom is -0.337 e. The van der Waals surface area contributed by atoms with E-state index in [2.05, 4.69) is 11.0 Å². The molecule has 4 nitrogen and oxygen atoms in total. The van der Waals surface area contributed by atoms with Crippen LogP contribution in [0.2, 0.25) is 0 Å². The molecule has 1 aliphatic rings. The number of nitriles is 1. The molecule has 1 saturated heterocycles. The zero-order valence-electron chi connectivity index (χ0n) is 13.9. The fraction of sp³-hybridized carbons (Fsp3) is 0.368. The van der Waals surface area contributed by atoms with Gasteiger partial charge in [-0.15, -0.1) is 11.3 Å². The van der Waals surface area contributed by atoms with Gasteiger partial charge in [-0.3, -0.25) is 9.69 Å². The van der Waals surface area contributed by atoms with Gasteiger partial charge in [0.15, 0.2) is 0 Å². The molecule has 0 atom stereocenters. The second-order valence-corrected chi connectivity index (χ2v) is 7.43. The van der Waals surface area contributed by atoms with E-state index in [0.717, 1.165) is 44.0 Å². The summed E-state index contributed by atoms with van der Waals surface area (Å²) in [5, 5.41) is 8.87. The van der Waals surface area contributed by atoms with Crippen molar-refractivity contribution in [1.82, 2.24) is 9.80 Å². The zero-order chi connectivity index (χ0) is 16.9. The summed E-state index contributed by atoms with van der Waals surface area (Å²) in [5.74, 6) is 0.160. The highest BCUT2D eigenvalue weighted by Gasteiger charge is 2.21. The Morgan fingerprint density at radius 1 is 1.12 bits per heavy atom. The van der Waals surface area contributed by atoms with Gasteiger partial charge in [0.1, 0.15) is 0 Å². The molecule has 2 aromatic rings. The minimum absolute atomic E-state index is 0.160. The monoisotopic (exact) mass is 339 g/mol. The Labute approximate surface area is 146 Å². The van der Waals surface area contributed by atoms with E-state index in [0.29, 0.717) is 5.56 Å². The van der Waals surface area contributed by atoms with Crippen LogP contribution < -0.4 is 0 Å². The fourth-order valence-electron chi connectivity index (χ4n) is 2.98. The van der Waals surface area contributed by atoms with Gasteiger partial charge in [-0.25, -0.2) is 0 Å². The molecule has 0 spiro atoms. The van der Waals surface area contributed by atoms with Gasteiger partial charge in [0.25, 0.3) is 5.91 Å². The molecule has 124 valence electrons. The first kappa shape index (κ1) is 16.7. The molecule has 1 aromatic heterocycles. The van der Waals surface area contributed by atoms with E-state index in [1.54, 1.807) is 11.3 Å². The average molecular weight is 339 g/mol. The lowest BCUT2D eigenvalue weighted by atomic mass is 10.1. The predicted molar refractivity (Wildman–Crippen MR) is 96.0 cm³/mol. The van der Waals surface area contributed by atoms with Gasteiger partial charge in [0.2, 0.25) is 0 Å². The Morgan fingerprint density at radius 2 is 1.92 bits per heavy atom. The molecule has 1 fully saturated rings. The van der Waals surface area contributed by atoms with Crippen molar-refractivity contribution in [3.05, 3.63) is 57.3 Å². The van der Waals surface area contributed by atoms with Crippen LogP contribution in [0.25, 0.3) is 0 Å². The van der Waals surface area contributed by atoms with Crippen LogP contribution in [0.5, 0.6) is 0 Å². The van der Waals surface area contributed by atoms with Crippen LogP contribution in [0, 0.1) is 18.3 Å². The van der Waals surface area contributed by atoms with Gasteiger partial charge in [-0.05, 0) is 43.2 Å². The first-order chi connectivity index (χ1) is 11.7. The summed E-state index contributed by atoms with van der Waals surface area (Å²) in [4.78, 5) is 19.0. The lowest BCUT2D eigenvalue weighted by Gasteiger charge is -2.21. The maximum atomic E-state index is 12.6. The van der Waals surface area contributed by atoms with Gasteiger partial charge >= 0.3 is 0 Å². The number of amides is 1. The molecular weight excluding hydrogens is 318 g/mol. The number of thiophene rings is 1. The number of benzene rings is 1. The largest absolute Gasteiger partial charge is 0.337 e. The first-order valence-electron chi connectivity index (χ1n) is 8.23. The molecule has 0 aliphatic carbocycles. The molecule has 5 heteroatoms. The SMILES string of the molecule is Cc1ccc(C(=O)N2CCCN(Cc3ccc(C#N)cc3)CC2)s1. The Morgan fingerprint density at radius 3 is 2.58 bits per heavy atom. The number of hydrogen-bond acceptors (Lipinski definition) is 4. The third kappa shape index (κ3) is 4.02. The van der Waals surface area contributed by atoms with E-state index in [4.69, 9.17) is 5.26 Å². The Bertz CT molecular complexity index is 745. The summed E-state index contributed by atoms with van der Waals surface area (Å²) < 4.78 is 0. The molecule has 0 saturated carbocycles. The van der Waals surface area contributed by atoms with Crippen LogP contribution in [0.4, 0.5) is 0 Å². The van der Waals surface area contributed by atoms with Crippen molar-refractivity contribution in [3.63, 3.8) is 0 Å². The molecule has 0 radical (unpaired) electrons. The van der Waals surface area contributed by atoms with Crippen LogP contribution in [-0.2, 0) is 6.54 Å². The molecule has 1 aliphatic heterocycles. The molecule has 1 aromatic carbocycles. The highest BCUT2D eigenvalue weighted by atomic mass is 32.1. The van der Waals surface area contributed by atoms with Gasteiger partial charge in [-0.1, -0.05) is 12.1 Å². The van der Waals surface area contributed by atoms with Crippen molar-refractivity contribution in [2.75, 3.05) is 26.2 Å². The summed E-state index contributed by atoms with van der Waals surface area (Å²) in [6.07, 6.45) is 0.992. The maximum Gasteiger partial charge on any atom is 0.263 e. The summed E-state index contributed by atoms with van der Waals surface area (Å²) in [7, 11) is 0. The topological polar surface area (TPSA) is 47.3 Å². The second kappa shape index (κ2) is 7.61. The fourth-order valence-corrected chi connectivity index (χ4v) is 3.82. The van der Waals surface area contributed by atoms with E-state index in [-0.39, 0.29) is 5.91 Å². The van der Waals surface area contributed by atoms with Crippen LogP contribution in [-0.4, -0.2) is 41.9 Å². The second-order valence-electron chi connectivity index (χ2n) is 6.14. The van der Waals surface area contributed by atoms with Crippen LogP contribution in [0.3, 0.4) is 0 Å². The molecule has 1 amide bonds. The van der Waals surface area contributed by atoms with Crippen molar-refractivity contribution in [2.45, 2.75) is 19.9 Å². The lowest BCUT2D eigenvalue weighted by Crippen LogP contribution is -2.34. The van der Waals surface area contributed by atoms with E-state index in [1.165, 1.54) is 10.4 Å². The van der Waals surface area contributed by atoms with Crippen molar-refractivity contribution in [2.24, 2.45) is 0 Å². The highest BCUT2D eigenvalue weighted by Crippen LogP contribution is 2.18. The molecular formula is C19H21N3OS. The van der Waals surface area contributed by atoms with Crippen LogP contribution in [0.15, 0.2) is 36.4 Å². The van der Waals surface area contributed by atoms with Gasteiger partial charge < -0.3 is 4.90 Å². The summed E-state index contributed by atoms with van der Waals surface area (Å²) in [6, 6.07) is 13.8. The quantitative estimate of drug-likeness (QED) is 0.862. The van der Waals surface area contributed by atoms with Crippen LogP contribution in [0.1, 0.15) is 32.1 Å². The molecule has 3 rings (SSSR count). The normalized spacial score (nSPS) is 15.8. The molecule has 24 heavy (non-hydrogen) atoms. The molecule has 0 N–H and O–H groups in total. The van der Waals surface area contributed by atoms with E-state index < -0.39 is 0 Å². The maximum absolute atomic E-state index is 12.6. The lowest BCUT2D eigenvalue weighted by molar-refractivity contribution is 0.0766. The predicted octanol–water partition coefficient (Wildman–Crippen LogP) is 3.28. The molecule has 0 unspecified atom stereocenters. The van der Waals surface area contributed by atoms with Gasteiger partial charge in [0.05, 0.1) is 16.5 Å². The number of carbonyl (C=O) groups excluding carboxylic acids is 1. The standard InChI is InChI=1S/C19H21N3OS/c1-15-3-8-18(24-15)19(23)22-10-2-9-21(11-12-22)14-17-6-4-16(13-20)5-7-17/h3-8H,2,9-12,14H2,1H3. The smallest absolute Gasteiger partial charge is 0.263 e. The third-order valence-electron chi connectivity index (χ3n) is 4.32. The molecule has 0 bridgehead atoms. The van der Waals surface area contributed by atoms with Crippen LogP contribution >= 0.6 is 11.3 Å². The van der Waals surface area contributed by atoms with Crippen molar-refractivity contribution >= 4 is 17.2 Å².